The SMILES string of the molecule is Fc1c(-c2ccccc2C(F)(F)F)ccc(Oc2ccc(-c3ccccc3C(F)(F)F)c(F)c2Cl)c1Cl. The minimum Gasteiger partial charge on any atom is -0.454 e. The third-order valence-corrected chi connectivity index (χ3v) is 6.06. The molecule has 1 nitrogen and oxygen atoms in total. The molecule has 37 heavy (non-hydrogen) atoms. The second-order valence-electron chi connectivity index (χ2n) is 7.67. The molecule has 0 aliphatic heterocycles. The van der Waals surface area contributed by atoms with Gasteiger partial charge in [0, 0.05) is 11.1 Å². The maximum atomic E-state index is 15.0. The Labute approximate surface area is 214 Å². The molecule has 0 spiro atoms. The Morgan fingerprint density at radius 3 is 1.19 bits per heavy atom. The number of halogens is 10. The Morgan fingerprint density at radius 2 is 0.838 bits per heavy atom. The summed E-state index contributed by atoms with van der Waals surface area (Å²) >= 11 is 12.0. The van der Waals surface area contributed by atoms with E-state index in [-0.39, 0.29) is 0 Å². The minimum atomic E-state index is -4.76. The van der Waals surface area contributed by atoms with Crippen molar-refractivity contribution in [1.29, 1.82) is 0 Å². The molecule has 0 aliphatic rings. The molecule has 0 heterocycles. The van der Waals surface area contributed by atoms with Crippen molar-refractivity contribution in [3.05, 3.63) is 106 Å². The minimum absolute atomic E-state index is 0.405. The predicted molar refractivity (Wildman–Crippen MR) is 124 cm³/mol. The molecule has 4 aromatic carbocycles. The molecule has 0 saturated heterocycles. The zero-order chi connectivity index (χ0) is 27.1. The van der Waals surface area contributed by atoms with Gasteiger partial charge in [-0.3, -0.25) is 0 Å². The standard InChI is InChI=1S/C26H12Cl2F8O/c27-21-19(11-9-15(23(21)29)13-5-1-3-7-17(13)25(31,32)33)37-20-12-10-16(24(30)22(20)28)14-6-2-4-8-18(14)26(34,35)36/h1-12H. The number of ether oxygens (including phenoxy) is 1. The zero-order valence-electron chi connectivity index (χ0n) is 18.1. The van der Waals surface area contributed by atoms with Gasteiger partial charge in [0.1, 0.15) is 21.5 Å². The highest BCUT2D eigenvalue weighted by Gasteiger charge is 2.35. The molecule has 0 N–H and O–H groups in total. The molecule has 0 unspecified atom stereocenters. The van der Waals surface area contributed by atoms with Crippen LogP contribution in [-0.4, -0.2) is 0 Å². The van der Waals surface area contributed by atoms with Gasteiger partial charge in [0.15, 0.2) is 11.6 Å². The van der Waals surface area contributed by atoms with E-state index in [9.17, 15) is 26.3 Å². The lowest BCUT2D eigenvalue weighted by molar-refractivity contribution is -0.137. The Bertz CT molecular complexity index is 1370. The van der Waals surface area contributed by atoms with Crippen LogP contribution < -0.4 is 4.74 Å². The fraction of sp³-hybridized carbons (Fsp3) is 0.0769. The molecular weight excluding hydrogens is 551 g/mol. The first-order chi connectivity index (χ1) is 17.3. The molecule has 0 radical (unpaired) electrons. The van der Waals surface area contributed by atoms with Crippen molar-refractivity contribution in [2.45, 2.75) is 12.4 Å². The van der Waals surface area contributed by atoms with Crippen molar-refractivity contribution in [3.8, 4) is 33.8 Å². The fourth-order valence-electron chi connectivity index (χ4n) is 3.69. The average Bonchev–Trinajstić information content (AvgIpc) is 2.84. The first-order valence-corrected chi connectivity index (χ1v) is 11.0. The summed E-state index contributed by atoms with van der Waals surface area (Å²) in [4.78, 5) is 0. The first kappa shape index (κ1) is 26.8. The Balaban J connectivity index is 1.72. The molecule has 0 bridgehead atoms. The van der Waals surface area contributed by atoms with Gasteiger partial charge in [0.05, 0.1) is 11.1 Å². The van der Waals surface area contributed by atoms with Crippen LogP contribution in [0.2, 0.25) is 10.0 Å². The van der Waals surface area contributed by atoms with Crippen molar-refractivity contribution in [3.63, 3.8) is 0 Å². The van der Waals surface area contributed by atoms with E-state index >= 15 is 8.78 Å². The highest BCUT2D eigenvalue weighted by atomic mass is 35.5. The largest absolute Gasteiger partial charge is 0.454 e. The molecule has 192 valence electrons. The lowest BCUT2D eigenvalue weighted by Crippen LogP contribution is -2.07. The van der Waals surface area contributed by atoms with Crippen LogP contribution in [0.25, 0.3) is 22.3 Å². The molecular formula is C26H12Cl2F8O. The topological polar surface area (TPSA) is 9.23 Å². The smallest absolute Gasteiger partial charge is 0.417 e. The number of hydrogen-bond acceptors (Lipinski definition) is 1. The van der Waals surface area contributed by atoms with Crippen LogP contribution in [0.5, 0.6) is 11.5 Å². The Hall–Kier alpha value is -3.30. The number of alkyl halides is 6. The summed E-state index contributed by atoms with van der Waals surface area (Å²) in [6.07, 6.45) is -9.52. The second-order valence-corrected chi connectivity index (χ2v) is 8.42. The van der Waals surface area contributed by atoms with E-state index < -0.39 is 78.9 Å². The summed E-state index contributed by atoms with van der Waals surface area (Å²) < 4.78 is 116. The number of benzene rings is 4. The molecule has 11 heteroatoms. The quantitative estimate of drug-likeness (QED) is 0.225. The lowest BCUT2D eigenvalue weighted by Gasteiger charge is -2.17. The van der Waals surface area contributed by atoms with Gasteiger partial charge in [-0.25, -0.2) is 8.78 Å². The Morgan fingerprint density at radius 1 is 0.486 bits per heavy atom. The van der Waals surface area contributed by atoms with Crippen LogP contribution in [0.15, 0.2) is 72.8 Å². The summed E-state index contributed by atoms with van der Waals surface area (Å²) in [6.45, 7) is 0. The van der Waals surface area contributed by atoms with E-state index in [2.05, 4.69) is 0 Å². The zero-order valence-corrected chi connectivity index (χ0v) is 19.6. The van der Waals surface area contributed by atoms with Crippen molar-refractivity contribution in [2.75, 3.05) is 0 Å². The van der Waals surface area contributed by atoms with E-state index in [1.807, 2.05) is 0 Å². The monoisotopic (exact) mass is 562 g/mol. The maximum Gasteiger partial charge on any atom is 0.417 e. The van der Waals surface area contributed by atoms with Gasteiger partial charge in [-0.2, -0.15) is 26.3 Å². The molecule has 0 saturated carbocycles. The van der Waals surface area contributed by atoms with Gasteiger partial charge in [0.2, 0.25) is 0 Å². The molecule has 0 atom stereocenters. The second kappa shape index (κ2) is 9.87. The molecule has 0 aliphatic carbocycles. The molecule has 0 fully saturated rings. The van der Waals surface area contributed by atoms with Crippen LogP contribution in [-0.2, 0) is 12.4 Å². The third kappa shape index (κ3) is 5.24. The normalized spacial score (nSPS) is 12.1. The molecule has 0 aromatic heterocycles. The van der Waals surface area contributed by atoms with E-state index in [1.165, 1.54) is 12.1 Å². The fourth-order valence-corrected chi connectivity index (χ4v) is 4.09. The van der Waals surface area contributed by atoms with Gasteiger partial charge in [-0.05, 0) is 47.5 Å². The summed E-state index contributed by atoms with van der Waals surface area (Å²) in [7, 11) is 0. The van der Waals surface area contributed by atoms with Gasteiger partial charge >= 0.3 is 12.4 Å². The summed E-state index contributed by atoms with van der Waals surface area (Å²) in [6, 6.07) is 12.7. The summed E-state index contributed by atoms with van der Waals surface area (Å²) in [5, 5.41) is -1.42. The summed E-state index contributed by atoms with van der Waals surface area (Å²) in [5.41, 5.74) is -4.00. The van der Waals surface area contributed by atoms with Crippen molar-refractivity contribution < 1.29 is 39.9 Å². The van der Waals surface area contributed by atoms with Gasteiger partial charge in [0.25, 0.3) is 0 Å². The maximum absolute atomic E-state index is 15.0. The average molecular weight is 563 g/mol. The van der Waals surface area contributed by atoms with Crippen LogP contribution in [0, 0.1) is 11.6 Å². The van der Waals surface area contributed by atoms with Gasteiger partial charge < -0.3 is 4.74 Å². The molecule has 4 rings (SSSR count). The van der Waals surface area contributed by atoms with Crippen molar-refractivity contribution in [2.24, 2.45) is 0 Å². The van der Waals surface area contributed by atoms with E-state index in [4.69, 9.17) is 27.9 Å². The predicted octanol–water partition coefficient (Wildman–Crippen LogP) is 10.4. The Kier molecular flexibility index (Phi) is 7.14. The number of hydrogen-bond donors (Lipinski definition) is 0. The van der Waals surface area contributed by atoms with Gasteiger partial charge in [-0.1, -0.05) is 59.6 Å². The third-order valence-electron chi connectivity index (χ3n) is 5.36. The van der Waals surface area contributed by atoms with E-state index in [0.29, 0.717) is 0 Å². The first-order valence-electron chi connectivity index (χ1n) is 10.3. The highest BCUT2D eigenvalue weighted by Crippen LogP contribution is 2.45. The lowest BCUT2D eigenvalue weighted by atomic mass is 9.98. The van der Waals surface area contributed by atoms with Crippen LogP contribution in [0.4, 0.5) is 35.1 Å². The van der Waals surface area contributed by atoms with E-state index in [0.717, 1.165) is 60.7 Å². The molecule has 4 aromatic rings. The highest BCUT2D eigenvalue weighted by molar-refractivity contribution is 6.33. The summed E-state index contributed by atoms with van der Waals surface area (Å²) in [5.74, 6) is -3.28. The van der Waals surface area contributed by atoms with Gasteiger partial charge in [-0.15, -0.1) is 0 Å². The van der Waals surface area contributed by atoms with Crippen LogP contribution >= 0.6 is 23.2 Å². The number of rotatable bonds is 4. The van der Waals surface area contributed by atoms with Crippen molar-refractivity contribution >= 4 is 23.2 Å². The van der Waals surface area contributed by atoms with Crippen molar-refractivity contribution in [1.82, 2.24) is 0 Å². The molecule has 0 amide bonds. The van der Waals surface area contributed by atoms with Crippen LogP contribution in [0.1, 0.15) is 11.1 Å². The van der Waals surface area contributed by atoms with Crippen LogP contribution in [0.3, 0.4) is 0 Å². The van der Waals surface area contributed by atoms with E-state index in [1.54, 1.807) is 0 Å².